The fraction of sp³-hybridized carbons (Fsp3) is 0.304. The lowest BCUT2D eigenvalue weighted by atomic mass is 10.1. The monoisotopic (exact) mass is 448 g/mol. The largest absolute Gasteiger partial charge is 0.416 e. The van der Waals surface area contributed by atoms with Crippen LogP contribution in [0, 0.1) is 5.92 Å². The molecule has 0 radical (unpaired) electrons. The van der Waals surface area contributed by atoms with Gasteiger partial charge in [0.05, 0.1) is 16.2 Å². The number of hydrogen-bond acceptors (Lipinski definition) is 3. The van der Waals surface area contributed by atoms with Gasteiger partial charge >= 0.3 is 6.18 Å². The van der Waals surface area contributed by atoms with Gasteiger partial charge in [-0.25, -0.2) is 0 Å². The Hall–Kier alpha value is -2.74. The van der Waals surface area contributed by atoms with Crippen LogP contribution in [0.2, 0.25) is 0 Å². The first-order valence-electron chi connectivity index (χ1n) is 9.89. The van der Waals surface area contributed by atoms with Crippen molar-refractivity contribution in [3.8, 4) is 0 Å². The molecule has 164 valence electrons. The van der Waals surface area contributed by atoms with Crippen molar-refractivity contribution in [2.24, 2.45) is 5.92 Å². The second-order valence-corrected chi connectivity index (χ2v) is 8.71. The van der Waals surface area contributed by atoms with E-state index in [1.165, 1.54) is 28.8 Å². The predicted molar refractivity (Wildman–Crippen MR) is 117 cm³/mol. The van der Waals surface area contributed by atoms with E-state index in [1.807, 2.05) is 12.1 Å². The molecule has 4 nitrogen and oxygen atoms in total. The summed E-state index contributed by atoms with van der Waals surface area (Å²) in [6.07, 6.45) is -2.03. The summed E-state index contributed by atoms with van der Waals surface area (Å²) in [4.78, 5) is 28.1. The molecule has 1 heterocycles. The molecule has 2 aromatic rings. The Balaban J connectivity index is 1.83. The number of para-hydroxylation sites is 1. The third-order valence-corrected chi connectivity index (χ3v) is 5.79. The second kappa shape index (κ2) is 9.60. The Morgan fingerprint density at radius 2 is 1.81 bits per heavy atom. The number of benzene rings is 2. The van der Waals surface area contributed by atoms with Gasteiger partial charge in [-0.2, -0.15) is 13.2 Å². The average Bonchev–Trinajstić information content (AvgIpc) is 2.70. The predicted octanol–water partition coefficient (Wildman–Crippen LogP) is 5.35. The molecule has 1 aliphatic rings. The average molecular weight is 449 g/mol. The molecular formula is C23H23F3N2O2S. The van der Waals surface area contributed by atoms with Crippen LogP contribution in [0.25, 0.3) is 6.08 Å². The van der Waals surface area contributed by atoms with E-state index >= 15 is 0 Å². The van der Waals surface area contributed by atoms with Crippen molar-refractivity contribution in [2.75, 3.05) is 18.0 Å². The van der Waals surface area contributed by atoms with Gasteiger partial charge in [-0.05, 0) is 48.2 Å². The molecule has 0 aliphatic carbocycles. The molecule has 0 spiro atoms. The van der Waals surface area contributed by atoms with E-state index in [0.29, 0.717) is 28.6 Å². The Kier molecular flexibility index (Phi) is 7.10. The van der Waals surface area contributed by atoms with Gasteiger partial charge in [0.15, 0.2) is 0 Å². The van der Waals surface area contributed by atoms with Gasteiger partial charge < -0.3 is 5.32 Å². The van der Waals surface area contributed by atoms with Gasteiger partial charge in [0.2, 0.25) is 5.91 Å². The van der Waals surface area contributed by atoms with Crippen LogP contribution in [-0.4, -0.2) is 24.9 Å². The molecule has 2 amide bonds. The van der Waals surface area contributed by atoms with E-state index in [4.69, 9.17) is 0 Å². The van der Waals surface area contributed by atoms with Crippen LogP contribution < -0.4 is 10.2 Å². The lowest BCUT2D eigenvalue weighted by Crippen LogP contribution is -2.43. The SMILES string of the molecule is CC(C)CCNC(=O)CN1C(=O)C(=Cc2ccc(C(F)(F)F)cc2)Sc2ccccc21. The van der Waals surface area contributed by atoms with Crippen LogP contribution in [0.5, 0.6) is 0 Å². The molecule has 2 aromatic carbocycles. The van der Waals surface area contributed by atoms with Gasteiger partial charge in [0.25, 0.3) is 5.91 Å². The first-order valence-corrected chi connectivity index (χ1v) is 10.7. The van der Waals surface area contributed by atoms with Crippen molar-refractivity contribution >= 4 is 35.3 Å². The van der Waals surface area contributed by atoms with Gasteiger partial charge in [-0.3, -0.25) is 14.5 Å². The summed E-state index contributed by atoms with van der Waals surface area (Å²) in [5.41, 5.74) is 0.368. The van der Waals surface area contributed by atoms with Crippen LogP contribution in [0.3, 0.4) is 0 Å². The van der Waals surface area contributed by atoms with Crippen LogP contribution in [-0.2, 0) is 15.8 Å². The molecule has 1 N–H and O–H groups in total. The topological polar surface area (TPSA) is 49.4 Å². The molecule has 0 aromatic heterocycles. The molecule has 31 heavy (non-hydrogen) atoms. The van der Waals surface area contributed by atoms with Crippen LogP contribution in [0.15, 0.2) is 58.3 Å². The highest BCUT2D eigenvalue weighted by molar-refractivity contribution is 8.04. The van der Waals surface area contributed by atoms with Crippen molar-refractivity contribution < 1.29 is 22.8 Å². The number of alkyl halides is 3. The summed E-state index contributed by atoms with van der Waals surface area (Å²) in [5.74, 6) is -0.167. The lowest BCUT2D eigenvalue weighted by Gasteiger charge is -2.29. The number of carbonyl (C=O) groups excluding carboxylic acids is 2. The first-order chi connectivity index (χ1) is 14.6. The van der Waals surface area contributed by atoms with E-state index in [9.17, 15) is 22.8 Å². The third kappa shape index (κ3) is 5.91. The zero-order chi connectivity index (χ0) is 22.6. The molecule has 0 atom stereocenters. The molecule has 1 aliphatic heterocycles. The number of anilines is 1. The number of carbonyl (C=O) groups is 2. The van der Waals surface area contributed by atoms with Crippen LogP contribution in [0.4, 0.5) is 18.9 Å². The fourth-order valence-corrected chi connectivity index (χ4v) is 4.10. The highest BCUT2D eigenvalue weighted by Crippen LogP contribution is 2.42. The quantitative estimate of drug-likeness (QED) is 0.607. The summed E-state index contributed by atoms with van der Waals surface area (Å²) >= 11 is 1.24. The van der Waals surface area contributed by atoms with Gasteiger partial charge in [0, 0.05) is 11.4 Å². The van der Waals surface area contributed by atoms with Crippen molar-refractivity contribution in [3.63, 3.8) is 0 Å². The molecule has 3 rings (SSSR count). The Labute approximate surface area is 183 Å². The Bertz CT molecular complexity index is 985. The minimum atomic E-state index is -4.42. The number of nitrogens with one attached hydrogen (secondary N) is 1. The van der Waals surface area contributed by atoms with Crippen LogP contribution in [0.1, 0.15) is 31.4 Å². The molecular weight excluding hydrogens is 425 g/mol. The van der Waals surface area contributed by atoms with Gasteiger partial charge in [0.1, 0.15) is 6.54 Å². The number of rotatable bonds is 6. The summed E-state index contributed by atoms with van der Waals surface area (Å²) in [5, 5.41) is 2.83. The molecule has 0 bridgehead atoms. The third-order valence-electron chi connectivity index (χ3n) is 4.71. The maximum atomic E-state index is 13.1. The number of fused-ring (bicyclic) bond motifs is 1. The lowest BCUT2D eigenvalue weighted by molar-refractivity contribution is -0.137. The maximum absolute atomic E-state index is 13.1. The van der Waals surface area contributed by atoms with E-state index in [2.05, 4.69) is 19.2 Å². The molecule has 8 heteroatoms. The van der Waals surface area contributed by atoms with E-state index in [1.54, 1.807) is 18.2 Å². The Morgan fingerprint density at radius 1 is 1.13 bits per heavy atom. The number of hydrogen-bond donors (Lipinski definition) is 1. The fourth-order valence-electron chi connectivity index (χ4n) is 3.04. The minimum Gasteiger partial charge on any atom is -0.355 e. The van der Waals surface area contributed by atoms with Crippen molar-refractivity contribution in [1.29, 1.82) is 0 Å². The maximum Gasteiger partial charge on any atom is 0.416 e. The number of nitrogens with zero attached hydrogens (tertiary/aromatic N) is 1. The number of amides is 2. The summed E-state index contributed by atoms with van der Waals surface area (Å²) in [6, 6.07) is 11.9. The summed E-state index contributed by atoms with van der Waals surface area (Å²) in [7, 11) is 0. The Morgan fingerprint density at radius 3 is 2.45 bits per heavy atom. The van der Waals surface area contributed by atoms with Crippen molar-refractivity contribution in [1.82, 2.24) is 5.32 Å². The summed E-state index contributed by atoms with van der Waals surface area (Å²) in [6.45, 7) is 4.53. The van der Waals surface area contributed by atoms with E-state index in [0.717, 1.165) is 23.4 Å². The normalized spacial score (nSPS) is 15.4. The van der Waals surface area contributed by atoms with E-state index in [-0.39, 0.29) is 18.4 Å². The first kappa shape index (κ1) is 22.9. The smallest absolute Gasteiger partial charge is 0.355 e. The second-order valence-electron chi connectivity index (χ2n) is 7.62. The molecule has 0 saturated carbocycles. The minimum absolute atomic E-state index is 0.126. The standard InChI is InChI=1S/C23H23F3N2O2S/c1-15(2)11-12-27-21(29)14-28-18-5-3-4-6-19(18)31-20(22(28)30)13-16-7-9-17(10-8-16)23(24,25)26/h3-10,13,15H,11-12,14H2,1-2H3,(H,27,29). The zero-order valence-electron chi connectivity index (χ0n) is 17.2. The van der Waals surface area contributed by atoms with Gasteiger partial charge in [-0.1, -0.05) is 49.9 Å². The van der Waals surface area contributed by atoms with Gasteiger partial charge in [-0.15, -0.1) is 0 Å². The number of halogens is 3. The molecule has 0 saturated heterocycles. The van der Waals surface area contributed by atoms with Crippen molar-refractivity contribution in [2.45, 2.75) is 31.3 Å². The number of thioether (sulfide) groups is 1. The molecule has 0 unspecified atom stereocenters. The highest BCUT2D eigenvalue weighted by Gasteiger charge is 2.31. The van der Waals surface area contributed by atoms with Crippen molar-refractivity contribution in [3.05, 3.63) is 64.6 Å². The van der Waals surface area contributed by atoms with Crippen LogP contribution >= 0.6 is 11.8 Å². The highest BCUT2D eigenvalue weighted by atomic mass is 32.2. The van der Waals surface area contributed by atoms with E-state index < -0.39 is 11.7 Å². The summed E-state index contributed by atoms with van der Waals surface area (Å²) < 4.78 is 38.4. The zero-order valence-corrected chi connectivity index (χ0v) is 18.0. The molecule has 0 fully saturated rings.